The van der Waals surface area contributed by atoms with E-state index in [4.69, 9.17) is 21.1 Å². The fourth-order valence-electron chi connectivity index (χ4n) is 7.63. The monoisotopic (exact) mass is 655 g/mol. The van der Waals surface area contributed by atoms with Crippen molar-refractivity contribution in [1.82, 2.24) is 9.62 Å². The van der Waals surface area contributed by atoms with Gasteiger partial charge in [0.25, 0.3) is 5.91 Å². The van der Waals surface area contributed by atoms with E-state index in [1.165, 1.54) is 30.1 Å². The molecule has 2 heterocycles. The van der Waals surface area contributed by atoms with Gasteiger partial charge in [-0.2, -0.15) is 0 Å². The molecule has 0 aromatic heterocycles. The zero-order valence-corrected chi connectivity index (χ0v) is 27.7. The molecule has 242 valence electrons. The Hall–Kier alpha value is -3.08. The fraction of sp³-hybridized carbons (Fsp3) is 0.529. The third-order valence-electron chi connectivity index (χ3n) is 10.2. The molecule has 45 heavy (non-hydrogen) atoms. The minimum atomic E-state index is -4.33. The molecule has 2 aromatic carbocycles. The van der Waals surface area contributed by atoms with Gasteiger partial charge in [-0.05, 0) is 98.2 Å². The smallest absolute Gasteiger partial charge is 0.264 e. The Morgan fingerprint density at radius 1 is 1.16 bits per heavy atom. The number of ether oxygens (including phenoxy) is 2. The van der Waals surface area contributed by atoms with Gasteiger partial charge in [0.2, 0.25) is 15.9 Å². The first-order valence-electron chi connectivity index (χ1n) is 15.8. The number of allylic oxidation sites excluding steroid dienone is 1. The first-order valence-corrected chi connectivity index (χ1v) is 17.7. The lowest BCUT2D eigenvalue weighted by Crippen LogP contribution is -2.49. The average Bonchev–Trinajstić information content (AvgIpc) is 3.14. The predicted molar refractivity (Wildman–Crippen MR) is 174 cm³/mol. The van der Waals surface area contributed by atoms with E-state index in [1.807, 2.05) is 18.2 Å². The Labute approximate surface area is 270 Å². The number of rotatable bonds is 2. The van der Waals surface area contributed by atoms with Gasteiger partial charge in [0.15, 0.2) is 5.25 Å². The van der Waals surface area contributed by atoms with Gasteiger partial charge in [0, 0.05) is 50.3 Å². The van der Waals surface area contributed by atoms with Crippen molar-refractivity contribution in [3.63, 3.8) is 0 Å². The Kier molecular flexibility index (Phi) is 8.93. The van der Waals surface area contributed by atoms with Gasteiger partial charge in [0.1, 0.15) is 5.75 Å². The van der Waals surface area contributed by atoms with E-state index in [0.717, 1.165) is 49.4 Å². The maximum absolute atomic E-state index is 13.5. The van der Waals surface area contributed by atoms with Crippen molar-refractivity contribution in [1.29, 1.82) is 0 Å². The molecule has 2 aliphatic heterocycles. The number of nitrogens with one attached hydrogen (secondary N) is 1. The van der Waals surface area contributed by atoms with Crippen LogP contribution in [0.3, 0.4) is 0 Å². The summed E-state index contributed by atoms with van der Waals surface area (Å²) in [4.78, 5) is 30.1. The van der Waals surface area contributed by atoms with Crippen LogP contribution >= 0.6 is 11.6 Å². The van der Waals surface area contributed by atoms with Gasteiger partial charge in [-0.1, -0.05) is 29.8 Å². The molecule has 2 bridgehead atoms. The SMILES string of the molecule is CO[C@H]1/C=C\CC[C@@H](C(=O)N(C)C)S(=O)(=O)NC(=O)c2ccc3c(c2)N(C[C@@H]2CC[C@H]21)C[C@@]1(CCCc2cc(Cl)ccc21)CO3. The highest BCUT2D eigenvalue weighted by molar-refractivity contribution is 7.91. The molecule has 1 fully saturated rings. The highest BCUT2D eigenvalue weighted by Gasteiger charge is 2.44. The van der Waals surface area contributed by atoms with Crippen LogP contribution < -0.4 is 14.4 Å². The highest BCUT2D eigenvalue weighted by atomic mass is 35.5. The first kappa shape index (κ1) is 31.9. The summed E-state index contributed by atoms with van der Waals surface area (Å²) in [5, 5.41) is -0.684. The molecule has 2 aromatic rings. The van der Waals surface area contributed by atoms with Crippen LogP contribution in [0.1, 0.15) is 60.0 Å². The molecular weight excluding hydrogens is 614 g/mol. The van der Waals surface area contributed by atoms with Gasteiger partial charge >= 0.3 is 0 Å². The summed E-state index contributed by atoms with van der Waals surface area (Å²) >= 11 is 6.41. The summed E-state index contributed by atoms with van der Waals surface area (Å²) in [6.07, 6.45) is 9.19. The molecule has 0 saturated heterocycles. The lowest BCUT2D eigenvalue weighted by molar-refractivity contribution is -0.128. The molecule has 5 atom stereocenters. The van der Waals surface area contributed by atoms with E-state index in [2.05, 4.69) is 21.8 Å². The van der Waals surface area contributed by atoms with Crippen LogP contribution in [0.15, 0.2) is 48.6 Å². The van der Waals surface area contributed by atoms with Crippen LogP contribution in [0.4, 0.5) is 5.69 Å². The van der Waals surface area contributed by atoms with Crippen molar-refractivity contribution >= 4 is 39.1 Å². The topological polar surface area (TPSA) is 105 Å². The lowest BCUT2D eigenvalue weighted by Gasteiger charge is -2.46. The van der Waals surface area contributed by atoms with E-state index in [1.54, 1.807) is 25.3 Å². The zero-order valence-electron chi connectivity index (χ0n) is 26.1. The Morgan fingerprint density at radius 2 is 1.98 bits per heavy atom. The number of carbonyl (C=O) groups is 2. The van der Waals surface area contributed by atoms with E-state index in [9.17, 15) is 18.0 Å². The number of anilines is 1. The van der Waals surface area contributed by atoms with Crippen molar-refractivity contribution < 1.29 is 27.5 Å². The number of hydrogen-bond donors (Lipinski definition) is 1. The molecule has 0 unspecified atom stereocenters. The molecular formula is C34H42ClN3O6S. The van der Waals surface area contributed by atoms with Crippen molar-refractivity contribution in [3.05, 3.63) is 70.3 Å². The van der Waals surface area contributed by atoms with Crippen LogP contribution in [0.5, 0.6) is 5.75 Å². The van der Waals surface area contributed by atoms with Crippen LogP contribution in [-0.2, 0) is 31.4 Å². The van der Waals surface area contributed by atoms with Crippen LogP contribution in [0.25, 0.3) is 0 Å². The third-order valence-corrected chi connectivity index (χ3v) is 12.1. The normalized spacial score (nSPS) is 30.0. The summed E-state index contributed by atoms with van der Waals surface area (Å²) in [5.41, 5.74) is 3.18. The highest BCUT2D eigenvalue weighted by Crippen LogP contribution is 2.47. The molecule has 1 N–H and O–H groups in total. The number of nitrogens with zero attached hydrogens (tertiary/aromatic N) is 2. The molecule has 0 radical (unpaired) electrons. The number of carbonyl (C=O) groups excluding carboxylic acids is 2. The Morgan fingerprint density at radius 3 is 2.71 bits per heavy atom. The van der Waals surface area contributed by atoms with Crippen molar-refractivity contribution in [2.45, 2.75) is 61.7 Å². The maximum atomic E-state index is 13.5. The second-order valence-electron chi connectivity index (χ2n) is 13.2. The van der Waals surface area contributed by atoms with Gasteiger partial charge in [-0.3, -0.25) is 9.59 Å². The van der Waals surface area contributed by atoms with Crippen molar-refractivity contribution in [3.8, 4) is 5.75 Å². The lowest BCUT2D eigenvalue weighted by atomic mass is 9.68. The predicted octanol–water partition coefficient (Wildman–Crippen LogP) is 4.72. The summed E-state index contributed by atoms with van der Waals surface area (Å²) < 4.78 is 41.7. The number of sulfonamides is 1. The number of benzene rings is 2. The largest absolute Gasteiger partial charge is 0.490 e. The van der Waals surface area contributed by atoms with Gasteiger partial charge in [-0.15, -0.1) is 0 Å². The third kappa shape index (κ3) is 6.21. The summed E-state index contributed by atoms with van der Waals surface area (Å²) in [6.45, 7) is 1.92. The van der Waals surface area contributed by atoms with Gasteiger partial charge in [0.05, 0.1) is 18.4 Å². The number of halogens is 1. The second-order valence-corrected chi connectivity index (χ2v) is 15.5. The standard InChI is InChI=1S/C34H42ClN3O6S/c1-37(2)33(40)31-9-5-4-8-29(43-3)26-13-10-24(26)19-38-20-34(16-6-7-22-17-25(35)12-14-27(22)34)21-44-30-15-11-23(18-28(30)38)32(39)36-45(31,41)42/h4,8,11-12,14-15,17-18,24,26,29,31H,5-7,9-10,13,16,19-21H2,1-3H3,(H,36,39)/b8-4-/t24-,26+,29-,31-,34-/m0/s1. The molecule has 6 rings (SSSR count). The first-order chi connectivity index (χ1) is 21.5. The van der Waals surface area contributed by atoms with Gasteiger partial charge < -0.3 is 19.3 Å². The van der Waals surface area contributed by atoms with E-state index >= 15 is 0 Å². The quantitative estimate of drug-likeness (QED) is 0.467. The molecule has 11 heteroatoms. The summed E-state index contributed by atoms with van der Waals surface area (Å²) in [7, 11) is 0.403. The maximum Gasteiger partial charge on any atom is 0.264 e. The number of amides is 2. The number of methoxy groups -OCH3 is 1. The molecule has 2 amide bonds. The summed E-state index contributed by atoms with van der Waals surface area (Å²) in [6, 6.07) is 11.3. The average molecular weight is 656 g/mol. The van der Waals surface area contributed by atoms with Crippen LogP contribution in [0.2, 0.25) is 5.02 Å². The number of hydrogen-bond acceptors (Lipinski definition) is 7. The minimum Gasteiger partial charge on any atom is -0.490 e. The number of fused-ring (bicyclic) bond motifs is 4. The summed E-state index contributed by atoms with van der Waals surface area (Å²) in [5.74, 6) is -0.0462. The van der Waals surface area contributed by atoms with E-state index in [0.29, 0.717) is 31.2 Å². The molecule has 1 spiro atoms. The molecule has 1 saturated carbocycles. The van der Waals surface area contributed by atoms with E-state index in [-0.39, 0.29) is 29.4 Å². The molecule has 2 aliphatic carbocycles. The second kappa shape index (κ2) is 12.6. The van der Waals surface area contributed by atoms with Crippen LogP contribution in [0, 0.1) is 11.8 Å². The van der Waals surface area contributed by atoms with Crippen molar-refractivity contribution in [2.24, 2.45) is 11.8 Å². The Bertz CT molecular complexity index is 1610. The van der Waals surface area contributed by atoms with Gasteiger partial charge in [-0.25, -0.2) is 13.1 Å². The van der Waals surface area contributed by atoms with Crippen LogP contribution in [-0.4, -0.2) is 77.4 Å². The van der Waals surface area contributed by atoms with Crippen molar-refractivity contribution in [2.75, 3.05) is 45.8 Å². The zero-order chi connectivity index (χ0) is 31.9. The minimum absolute atomic E-state index is 0.0429. The van der Waals surface area contributed by atoms with E-state index < -0.39 is 27.1 Å². The fourth-order valence-corrected chi connectivity index (χ4v) is 9.26. The molecule has 9 nitrogen and oxygen atoms in total. The Balaban J connectivity index is 1.43. The number of aryl methyl sites for hydroxylation is 1. The molecule has 4 aliphatic rings.